The van der Waals surface area contributed by atoms with Gasteiger partial charge in [-0.3, -0.25) is 4.79 Å². The minimum atomic E-state index is -0.103. The summed E-state index contributed by atoms with van der Waals surface area (Å²) in [6.45, 7) is 0. The van der Waals surface area contributed by atoms with Gasteiger partial charge in [-0.05, 0) is 35.1 Å². The van der Waals surface area contributed by atoms with Gasteiger partial charge in [0.2, 0.25) is 4.71 Å². The van der Waals surface area contributed by atoms with E-state index in [-0.39, 0.29) is 10.5 Å². The van der Waals surface area contributed by atoms with Crippen molar-refractivity contribution in [1.82, 2.24) is 0 Å². The number of fused-ring (bicyclic) bond motifs is 3. The third-order valence-electron chi connectivity index (χ3n) is 3.81. The number of carbonyl (C=O) groups is 1. The van der Waals surface area contributed by atoms with Crippen LogP contribution in [-0.4, -0.2) is 5.78 Å². The summed E-state index contributed by atoms with van der Waals surface area (Å²) in [5, 5.41) is 3.06. The van der Waals surface area contributed by atoms with E-state index in [0.29, 0.717) is 16.7 Å². The smallest absolute Gasteiger partial charge is 0.202 e. The Kier molecular flexibility index (Phi) is 3.01. The molecule has 1 aromatic heterocycles. The highest BCUT2D eigenvalue weighted by atomic mass is 32.1. The third-order valence-corrected chi connectivity index (χ3v) is 4.11. The Hall–Kier alpha value is -2.52. The Balaban J connectivity index is 2.01. The van der Waals surface area contributed by atoms with Gasteiger partial charge in [-0.2, -0.15) is 0 Å². The summed E-state index contributed by atoms with van der Waals surface area (Å²) in [6.07, 6.45) is 7.24. The number of carbonyl (C=O) groups excluding carboxylic acids is 1. The molecular weight excluding hydrogens is 292 g/mol. The molecule has 0 bridgehead atoms. The topological polar surface area (TPSA) is 30.2 Å². The van der Waals surface area contributed by atoms with Crippen molar-refractivity contribution < 1.29 is 9.21 Å². The van der Waals surface area contributed by atoms with Crippen LogP contribution < -0.4 is 0 Å². The van der Waals surface area contributed by atoms with Crippen molar-refractivity contribution in [2.24, 2.45) is 0 Å². The normalized spacial score (nSPS) is 13.7. The van der Waals surface area contributed by atoms with Crippen LogP contribution >= 0.6 is 12.2 Å². The second kappa shape index (κ2) is 5.04. The SMILES string of the molecule is O=C(C1=C[CH]C=C1)c1cc2c(ccc3ccccc32)oc1=S. The van der Waals surface area contributed by atoms with Crippen LogP contribution in [0.2, 0.25) is 0 Å². The first-order valence-corrected chi connectivity index (χ1v) is 7.37. The van der Waals surface area contributed by atoms with Crippen LogP contribution in [0.4, 0.5) is 0 Å². The molecule has 1 aliphatic rings. The Morgan fingerprint density at radius 2 is 1.91 bits per heavy atom. The lowest BCUT2D eigenvalue weighted by Crippen LogP contribution is -2.01. The summed E-state index contributed by atoms with van der Waals surface area (Å²) in [5.74, 6) is -0.103. The van der Waals surface area contributed by atoms with E-state index >= 15 is 0 Å². The predicted octanol–water partition coefficient (Wildman–Crippen LogP) is 5.20. The van der Waals surface area contributed by atoms with Gasteiger partial charge in [0.25, 0.3) is 0 Å². The average Bonchev–Trinajstić information content (AvgIpc) is 3.08. The largest absolute Gasteiger partial charge is 0.444 e. The van der Waals surface area contributed by atoms with Gasteiger partial charge in [0.15, 0.2) is 5.78 Å². The number of benzene rings is 2. The molecule has 0 saturated heterocycles. The molecule has 0 N–H and O–H groups in total. The molecule has 0 spiro atoms. The summed E-state index contributed by atoms with van der Waals surface area (Å²) in [4.78, 5) is 12.6. The Bertz CT molecular complexity index is 1040. The maximum absolute atomic E-state index is 12.6. The quantitative estimate of drug-likeness (QED) is 0.370. The Morgan fingerprint density at radius 3 is 2.73 bits per heavy atom. The van der Waals surface area contributed by atoms with Gasteiger partial charge in [0.05, 0.1) is 5.56 Å². The van der Waals surface area contributed by atoms with Crippen LogP contribution in [0.3, 0.4) is 0 Å². The molecule has 4 rings (SSSR count). The summed E-state index contributed by atoms with van der Waals surface area (Å²) in [7, 11) is 0. The summed E-state index contributed by atoms with van der Waals surface area (Å²) in [5.41, 5.74) is 1.76. The highest BCUT2D eigenvalue weighted by Crippen LogP contribution is 2.28. The number of ketones is 1. The average molecular weight is 303 g/mol. The van der Waals surface area contributed by atoms with E-state index in [1.54, 1.807) is 12.2 Å². The molecular formula is C19H11O2S. The lowest BCUT2D eigenvalue weighted by Gasteiger charge is -2.06. The van der Waals surface area contributed by atoms with Gasteiger partial charge in [-0.15, -0.1) is 0 Å². The Morgan fingerprint density at radius 1 is 1.05 bits per heavy atom. The van der Waals surface area contributed by atoms with Crippen LogP contribution in [0.5, 0.6) is 0 Å². The second-order valence-electron chi connectivity index (χ2n) is 5.15. The first-order chi connectivity index (χ1) is 10.7. The van der Waals surface area contributed by atoms with Gasteiger partial charge in [0.1, 0.15) is 5.58 Å². The monoisotopic (exact) mass is 303 g/mol. The van der Waals surface area contributed by atoms with Gasteiger partial charge in [-0.25, -0.2) is 0 Å². The molecule has 1 aliphatic carbocycles. The van der Waals surface area contributed by atoms with Gasteiger partial charge < -0.3 is 4.42 Å². The van der Waals surface area contributed by atoms with Crippen LogP contribution in [0, 0.1) is 11.1 Å². The lowest BCUT2D eigenvalue weighted by molar-refractivity contribution is 0.103. The summed E-state index contributed by atoms with van der Waals surface area (Å²) in [6, 6.07) is 13.8. The van der Waals surface area contributed by atoms with Gasteiger partial charge in [0, 0.05) is 17.4 Å². The molecule has 0 aliphatic heterocycles. The van der Waals surface area contributed by atoms with E-state index < -0.39 is 0 Å². The van der Waals surface area contributed by atoms with Crippen molar-refractivity contribution in [3.8, 4) is 0 Å². The number of Topliss-reactive ketones (excluding diaryl/α,β-unsaturated/α-hetero) is 1. The number of hydrogen-bond acceptors (Lipinski definition) is 3. The number of rotatable bonds is 2. The van der Waals surface area contributed by atoms with Crippen molar-refractivity contribution in [3.63, 3.8) is 0 Å². The van der Waals surface area contributed by atoms with E-state index in [0.717, 1.165) is 16.2 Å². The maximum atomic E-state index is 12.6. The zero-order valence-electron chi connectivity index (χ0n) is 11.6. The fraction of sp³-hybridized carbons (Fsp3) is 0. The fourth-order valence-corrected chi connectivity index (χ4v) is 2.95. The highest BCUT2D eigenvalue weighted by molar-refractivity contribution is 7.71. The molecule has 0 fully saturated rings. The molecule has 105 valence electrons. The predicted molar refractivity (Wildman–Crippen MR) is 90.4 cm³/mol. The van der Waals surface area contributed by atoms with E-state index in [4.69, 9.17) is 16.6 Å². The molecule has 1 radical (unpaired) electrons. The first kappa shape index (κ1) is 13.2. The zero-order valence-corrected chi connectivity index (χ0v) is 12.4. The lowest BCUT2D eigenvalue weighted by atomic mass is 10.0. The zero-order chi connectivity index (χ0) is 15.1. The van der Waals surface area contributed by atoms with Crippen LogP contribution in [-0.2, 0) is 0 Å². The molecule has 22 heavy (non-hydrogen) atoms. The van der Waals surface area contributed by atoms with E-state index in [1.807, 2.05) is 55.0 Å². The molecule has 0 amide bonds. The second-order valence-corrected chi connectivity index (χ2v) is 5.52. The highest BCUT2D eigenvalue weighted by Gasteiger charge is 2.16. The van der Waals surface area contributed by atoms with Crippen LogP contribution in [0.15, 0.2) is 70.7 Å². The van der Waals surface area contributed by atoms with Crippen molar-refractivity contribution in [2.45, 2.75) is 0 Å². The molecule has 1 heterocycles. The maximum Gasteiger partial charge on any atom is 0.202 e. The Labute approximate surface area is 132 Å². The molecule has 0 saturated carbocycles. The standard InChI is InChI=1S/C19H11O2S/c20-18(13-6-1-2-7-13)16-11-15-14-8-4-3-5-12(14)9-10-17(15)21-19(16)22/h1-11H. The van der Waals surface area contributed by atoms with E-state index in [1.165, 1.54) is 0 Å². The van der Waals surface area contributed by atoms with Crippen molar-refractivity contribution in [3.05, 3.63) is 83.0 Å². The third kappa shape index (κ3) is 2.02. The van der Waals surface area contributed by atoms with Gasteiger partial charge >= 0.3 is 0 Å². The summed E-state index contributed by atoms with van der Waals surface area (Å²) >= 11 is 5.26. The molecule has 3 heteroatoms. The van der Waals surface area contributed by atoms with Crippen molar-refractivity contribution in [1.29, 1.82) is 0 Å². The molecule has 2 nitrogen and oxygen atoms in total. The van der Waals surface area contributed by atoms with Gasteiger partial charge in [-0.1, -0.05) is 48.6 Å². The first-order valence-electron chi connectivity index (χ1n) is 6.96. The van der Waals surface area contributed by atoms with Crippen LogP contribution in [0.1, 0.15) is 10.4 Å². The molecule has 3 aromatic rings. The molecule has 2 aromatic carbocycles. The minimum Gasteiger partial charge on any atom is -0.444 e. The van der Waals surface area contributed by atoms with E-state index in [9.17, 15) is 4.79 Å². The number of hydrogen-bond donors (Lipinski definition) is 0. The minimum absolute atomic E-state index is 0.103. The van der Waals surface area contributed by atoms with Crippen molar-refractivity contribution in [2.75, 3.05) is 0 Å². The molecule has 0 unspecified atom stereocenters. The van der Waals surface area contributed by atoms with Crippen LogP contribution in [0.25, 0.3) is 21.7 Å². The fourth-order valence-electron chi connectivity index (χ4n) is 2.71. The van der Waals surface area contributed by atoms with E-state index in [2.05, 4.69) is 0 Å². The van der Waals surface area contributed by atoms with Crippen molar-refractivity contribution >= 4 is 39.7 Å². The number of allylic oxidation sites excluding steroid dienone is 4. The summed E-state index contributed by atoms with van der Waals surface area (Å²) < 4.78 is 5.94. The molecule has 0 atom stereocenters.